The molecule has 0 aromatic heterocycles. The van der Waals surface area contributed by atoms with Crippen LogP contribution in [0.5, 0.6) is 0 Å². The van der Waals surface area contributed by atoms with E-state index in [0.29, 0.717) is 0 Å². The zero-order valence-corrected chi connectivity index (χ0v) is 15.1. The van der Waals surface area contributed by atoms with Crippen LogP contribution in [0.2, 0.25) is 0 Å². The van der Waals surface area contributed by atoms with Gasteiger partial charge in [-0.2, -0.15) is 0 Å². The first-order valence-corrected chi connectivity index (χ1v) is 8.40. The van der Waals surface area contributed by atoms with Crippen molar-refractivity contribution < 1.29 is 38.9 Å². The van der Waals surface area contributed by atoms with Gasteiger partial charge in [0.1, 0.15) is 6.04 Å². The van der Waals surface area contributed by atoms with Crippen LogP contribution in [0.1, 0.15) is 31.9 Å². The minimum atomic E-state index is -1.78. The third kappa shape index (κ3) is 6.70. The molecule has 9 nitrogen and oxygen atoms in total. The Morgan fingerprint density at radius 3 is 2.15 bits per heavy atom. The van der Waals surface area contributed by atoms with Crippen molar-refractivity contribution in [3.05, 3.63) is 35.9 Å². The molecule has 0 fully saturated rings. The maximum absolute atomic E-state index is 12.3. The van der Waals surface area contributed by atoms with Gasteiger partial charge in [-0.05, 0) is 19.4 Å². The SMILES string of the molecule is CCOC(=O)C[C@H](C(=O)OCC)[C@H](NC(=O)[C@@H](O)c1ccccc1)C(=O)O. The number of aliphatic hydroxyl groups is 1. The number of aliphatic carboxylic acids is 1. The Labute approximate surface area is 156 Å². The molecule has 0 aliphatic carbocycles. The van der Waals surface area contributed by atoms with E-state index in [1.165, 1.54) is 19.1 Å². The van der Waals surface area contributed by atoms with Crippen LogP contribution in [-0.2, 0) is 28.7 Å². The Hall–Kier alpha value is -2.94. The monoisotopic (exact) mass is 381 g/mol. The topological polar surface area (TPSA) is 139 Å². The first kappa shape index (κ1) is 22.1. The van der Waals surface area contributed by atoms with Crippen molar-refractivity contribution >= 4 is 23.8 Å². The summed E-state index contributed by atoms with van der Waals surface area (Å²) in [5.74, 6) is -5.85. The molecule has 1 aromatic rings. The molecule has 0 saturated heterocycles. The second-order valence-corrected chi connectivity index (χ2v) is 5.51. The fourth-order valence-electron chi connectivity index (χ4n) is 2.34. The molecule has 0 heterocycles. The van der Waals surface area contributed by atoms with Crippen LogP contribution >= 0.6 is 0 Å². The first-order chi connectivity index (χ1) is 12.8. The summed E-state index contributed by atoms with van der Waals surface area (Å²) in [5.41, 5.74) is 0.247. The minimum Gasteiger partial charge on any atom is -0.480 e. The van der Waals surface area contributed by atoms with Crippen molar-refractivity contribution in [2.45, 2.75) is 32.4 Å². The highest BCUT2D eigenvalue weighted by Gasteiger charge is 2.39. The molecule has 3 N–H and O–H groups in total. The Balaban J connectivity index is 3.01. The largest absolute Gasteiger partial charge is 0.480 e. The zero-order chi connectivity index (χ0) is 20.4. The number of ether oxygens (including phenoxy) is 2. The number of esters is 2. The van der Waals surface area contributed by atoms with Gasteiger partial charge in [0.05, 0.1) is 25.6 Å². The van der Waals surface area contributed by atoms with Crippen molar-refractivity contribution in [2.24, 2.45) is 5.92 Å². The van der Waals surface area contributed by atoms with E-state index in [2.05, 4.69) is 5.32 Å². The van der Waals surface area contributed by atoms with E-state index in [1.54, 1.807) is 25.1 Å². The Morgan fingerprint density at radius 2 is 1.63 bits per heavy atom. The lowest BCUT2D eigenvalue weighted by molar-refractivity contribution is -0.160. The molecule has 0 saturated carbocycles. The van der Waals surface area contributed by atoms with E-state index < -0.39 is 48.3 Å². The molecule has 1 aromatic carbocycles. The van der Waals surface area contributed by atoms with Crippen LogP contribution < -0.4 is 5.32 Å². The van der Waals surface area contributed by atoms with Crippen molar-refractivity contribution in [1.29, 1.82) is 0 Å². The molecule has 0 bridgehead atoms. The van der Waals surface area contributed by atoms with Gasteiger partial charge in [0, 0.05) is 0 Å². The summed E-state index contributed by atoms with van der Waals surface area (Å²) < 4.78 is 9.57. The van der Waals surface area contributed by atoms with Gasteiger partial charge in [-0.15, -0.1) is 0 Å². The molecule has 0 aliphatic heterocycles. The van der Waals surface area contributed by atoms with E-state index >= 15 is 0 Å². The Morgan fingerprint density at radius 1 is 1.04 bits per heavy atom. The van der Waals surface area contributed by atoms with Crippen molar-refractivity contribution in [3.8, 4) is 0 Å². The summed E-state index contributed by atoms with van der Waals surface area (Å²) in [6, 6.07) is 6.08. The average Bonchev–Trinajstić information content (AvgIpc) is 2.64. The number of carboxylic acids is 1. The van der Waals surface area contributed by atoms with Gasteiger partial charge in [0.15, 0.2) is 6.10 Å². The summed E-state index contributed by atoms with van der Waals surface area (Å²) in [7, 11) is 0. The predicted octanol–water partition coefficient (Wildman–Crippen LogP) is 0.422. The molecule has 0 aliphatic rings. The standard InChI is InChI=1S/C18H23NO8/c1-3-26-13(20)10-12(18(25)27-4-2)14(17(23)24)19-16(22)15(21)11-8-6-5-7-9-11/h5-9,12,14-15,21H,3-4,10H2,1-2H3,(H,19,22)(H,23,24)/t12-,14-,15-/m0/s1. The van der Waals surface area contributed by atoms with E-state index in [4.69, 9.17) is 9.47 Å². The molecule has 27 heavy (non-hydrogen) atoms. The third-order valence-corrected chi connectivity index (χ3v) is 3.61. The molecule has 1 rings (SSSR count). The quantitative estimate of drug-likeness (QED) is 0.496. The highest BCUT2D eigenvalue weighted by atomic mass is 16.5. The number of hydrogen-bond acceptors (Lipinski definition) is 7. The summed E-state index contributed by atoms with van der Waals surface area (Å²) in [5, 5.41) is 21.6. The van der Waals surface area contributed by atoms with Crippen molar-refractivity contribution in [3.63, 3.8) is 0 Å². The lowest BCUT2D eigenvalue weighted by atomic mass is 9.95. The summed E-state index contributed by atoms with van der Waals surface area (Å²) in [6.45, 7) is 3.09. The van der Waals surface area contributed by atoms with Gasteiger partial charge in [0.2, 0.25) is 0 Å². The lowest BCUT2D eigenvalue weighted by Gasteiger charge is -2.24. The summed E-state index contributed by atoms with van der Waals surface area (Å²) >= 11 is 0. The zero-order valence-electron chi connectivity index (χ0n) is 15.1. The molecule has 148 valence electrons. The van der Waals surface area contributed by atoms with Gasteiger partial charge in [-0.25, -0.2) is 4.79 Å². The molecular weight excluding hydrogens is 358 g/mol. The normalized spacial score (nSPS) is 13.7. The smallest absolute Gasteiger partial charge is 0.327 e. The van der Waals surface area contributed by atoms with Crippen molar-refractivity contribution in [2.75, 3.05) is 13.2 Å². The fraction of sp³-hybridized carbons (Fsp3) is 0.444. The van der Waals surface area contributed by atoms with Crippen molar-refractivity contribution in [1.82, 2.24) is 5.32 Å². The Bertz CT molecular complexity index is 661. The van der Waals surface area contributed by atoms with E-state index in [9.17, 15) is 29.4 Å². The van der Waals surface area contributed by atoms with Gasteiger partial charge in [-0.3, -0.25) is 14.4 Å². The number of carbonyl (C=O) groups excluding carboxylic acids is 3. The number of nitrogens with one attached hydrogen (secondary N) is 1. The van der Waals surface area contributed by atoms with Crippen LogP contribution in [0.4, 0.5) is 0 Å². The second-order valence-electron chi connectivity index (χ2n) is 5.51. The van der Waals surface area contributed by atoms with Gasteiger partial charge in [0.25, 0.3) is 5.91 Å². The highest BCUT2D eigenvalue weighted by Crippen LogP contribution is 2.17. The maximum atomic E-state index is 12.3. The van der Waals surface area contributed by atoms with Crippen LogP contribution in [0, 0.1) is 5.92 Å². The number of carboxylic acid groups (broad SMARTS) is 1. The third-order valence-electron chi connectivity index (χ3n) is 3.61. The molecule has 1 amide bonds. The Kier molecular flexibility index (Phi) is 8.94. The molecule has 9 heteroatoms. The van der Waals surface area contributed by atoms with Gasteiger partial charge < -0.3 is 25.0 Å². The maximum Gasteiger partial charge on any atom is 0.327 e. The number of amides is 1. The van der Waals surface area contributed by atoms with E-state index in [-0.39, 0.29) is 18.8 Å². The fourth-order valence-corrected chi connectivity index (χ4v) is 2.34. The lowest BCUT2D eigenvalue weighted by Crippen LogP contribution is -2.51. The van der Waals surface area contributed by atoms with E-state index in [0.717, 1.165) is 0 Å². The number of carbonyl (C=O) groups is 4. The second kappa shape index (κ2) is 10.9. The molecule has 3 atom stereocenters. The number of aliphatic hydroxyl groups excluding tert-OH is 1. The van der Waals surface area contributed by atoms with E-state index in [1.807, 2.05) is 0 Å². The first-order valence-electron chi connectivity index (χ1n) is 8.40. The van der Waals surface area contributed by atoms with Crippen LogP contribution in [-0.4, -0.2) is 53.3 Å². The predicted molar refractivity (Wildman–Crippen MR) is 92.3 cm³/mol. The number of rotatable bonds is 10. The van der Waals surface area contributed by atoms with Crippen LogP contribution in [0.15, 0.2) is 30.3 Å². The van der Waals surface area contributed by atoms with Gasteiger partial charge >= 0.3 is 17.9 Å². The number of hydrogen-bond donors (Lipinski definition) is 3. The van der Waals surface area contributed by atoms with Gasteiger partial charge in [-0.1, -0.05) is 30.3 Å². The molecule has 0 spiro atoms. The summed E-state index contributed by atoms with van der Waals surface area (Å²) in [6.07, 6.45) is -2.23. The highest BCUT2D eigenvalue weighted by molar-refractivity contribution is 5.92. The minimum absolute atomic E-state index is 0.0366. The number of benzene rings is 1. The summed E-state index contributed by atoms with van der Waals surface area (Å²) in [4.78, 5) is 47.8. The van der Waals surface area contributed by atoms with Crippen LogP contribution in [0.3, 0.4) is 0 Å². The molecule has 0 radical (unpaired) electrons. The molecular formula is C18H23NO8. The molecule has 0 unspecified atom stereocenters. The van der Waals surface area contributed by atoms with Crippen LogP contribution in [0.25, 0.3) is 0 Å². The average molecular weight is 381 g/mol.